The van der Waals surface area contributed by atoms with Gasteiger partial charge in [0.1, 0.15) is 20.2 Å². The lowest BCUT2D eigenvalue weighted by Gasteiger charge is -2.19. The van der Waals surface area contributed by atoms with Crippen molar-refractivity contribution in [1.82, 2.24) is 16.0 Å². The van der Waals surface area contributed by atoms with Crippen molar-refractivity contribution in [3.8, 4) is 33.4 Å². The van der Waals surface area contributed by atoms with Crippen molar-refractivity contribution < 1.29 is 62.2 Å². The van der Waals surface area contributed by atoms with Crippen LogP contribution < -0.4 is 16.0 Å². The SMILES string of the molecule is O=C(Cc1ccc(-c2cccc(C(=O)O)c2)cc1)NCOP(=O)(OCNC(=O)Cc1ccc(-c2cccc(C(=O)O)c2)cc1)OCNC(=O)Cc1ccc(-c2cccc(C(=O)O)c2)cc1. The summed E-state index contributed by atoms with van der Waals surface area (Å²) in [6, 6.07) is 40.0. The second-order valence-corrected chi connectivity index (χ2v) is 16.0. The quantitative estimate of drug-likeness (QED) is 0.0310. The van der Waals surface area contributed by atoms with Gasteiger partial charge in [-0.3, -0.25) is 28.0 Å². The van der Waals surface area contributed by atoms with Crippen molar-refractivity contribution in [1.29, 1.82) is 0 Å². The van der Waals surface area contributed by atoms with Gasteiger partial charge in [-0.25, -0.2) is 18.9 Å². The van der Waals surface area contributed by atoms with E-state index in [0.29, 0.717) is 33.4 Å². The zero-order valence-corrected chi connectivity index (χ0v) is 35.4. The van der Waals surface area contributed by atoms with E-state index in [1.54, 1.807) is 127 Å². The van der Waals surface area contributed by atoms with Gasteiger partial charge in [-0.15, -0.1) is 0 Å². The topological polar surface area (TPSA) is 244 Å². The Kier molecular flexibility index (Phi) is 15.9. The maximum Gasteiger partial charge on any atom is 0.479 e. The Labute approximate surface area is 372 Å². The van der Waals surface area contributed by atoms with Crippen LogP contribution in [-0.2, 0) is 51.8 Å². The number of carbonyl (C=O) groups excluding carboxylic acids is 3. The first-order valence-corrected chi connectivity index (χ1v) is 21.3. The van der Waals surface area contributed by atoms with Crippen LogP contribution in [0.1, 0.15) is 47.8 Å². The number of aromatic carboxylic acids is 3. The van der Waals surface area contributed by atoms with E-state index in [1.165, 1.54) is 18.2 Å². The van der Waals surface area contributed by atoms with Crippen LogP contribution in [0.25, 0.3) is 33.4 Å². The van der Waals surface area contributed by atoms with E-state index in [4.69, 9.17) is 13.6 Å². The molecule has 0 unspecified atom stereocenters. The summed E-state index contributed by atoms with van der Waals surface area (Å²) in [5, 5.41) is 35.3. The van der Waals surface area contributed by atoms with Gasteiger partial charge >= 0.3 is 25.7 Å². The highest BCUT2D eigenvalue weighted by Gasteiger charge is 2.28. The van der Waals surface area contributed by atoms with Crippen LogP contribution in [-0.4, -0.2) is 71.1 Å². The predicted octanol–water partition coefficient (Wildman–Crippen LogP) is 7.19. The number of rotatable bonds is 21. The molecular weight excluding hydrogens is 858 g/mol. The molecule has 0 saturated heterocycles. The molecule has 17 heteroatoms. The molecule has 332 valence electrons. The maximum absolute atomic E-state index is 13.7. The summed E-state index contributed by atoms with van der Waals surface area (Å²) in [6.45, 7) is -1.91. The molecule has 6 N–H and O–H groups in total. The normalized spacial score (nSPS) is 11.0. The van der Waals surface area contributed by atoms with Crippen LogP contribution in [0.2, 0.25) is 0 Å². The number of benzene rings is 6. The lowest BCUT2D eigenvalue weighted by atomic mass is 10.0. The number of nitrogens with one attached hydrogen (secondary N) is 3. The first-order valence-electron chi connectivity index (χ1n) is 19.9. The second-order valence-electron chi connectivity index (χ2n) is 14.3. The van der Waals surface area contributed by atoms with Gasteiger partial charge in [-0.05, 0) is 86.5 Å². The van der Waals surface area contributed by atoms with E-state index in [1.807, 2.05) is 0 Å². The van der Waals surface area contributed by atoms with Crippen molar-refractivity contribution in [3.63, 3.8) is 0 Å². The molecule has 0 bridgehead atoms. The molecule has 0 aliphatic heterocycles. The highest BCUT2D eigenvalue weighted by atomic mass is 31.2. The van der Waals surface area contributed by atoms with Crippen LogP contribution in [0.4, 0.5) is 0 Å². The molecule has 3 amide bonds. The van der Waals surface area contributed by atoms with Gasteiger partial charge in [-0.1, -0.05) is 109 Å². The Morgan fingerprint density at radius 3 is 0.892 bits per heavy atom. The molecule has 0 aliphatic rings. The van der Waals surface area contributed by atoms with E-state index in [9.17, 15) is 48.7 Å². The predicted molar refractivity (Wildman–Crippen MR) is 238 cm³/mol. The van der Waals surface area contributed by atoms with Gasteiger partial charge in [0.25, 0.3) is 0 Å². The third kappa shape index (κ3) is 13.9. The van der Waals surface area contributed by atoms with Gasteiger partial charge in [-0.2, -0.15) is 0 Å². The third-order valence-electron chi connectivity index (χ3n) is 9.76. The van der Waals surface area contributed by atoms with Gasteiger partial charge in [0, 0.05) is 0 Å². The molecular formula is C48H42N3O13P. The Hall–Kier alpha value is -7.75. The molecule has 6 aromatic carbocycles. The molecule has 16 nitrogen and oxygen atoms in total. The van der Waals surface area contributed by atoms with Crippen LogP contribution in [0.15, 0.2) is 146 Å². The van der Waals surface area contributed by atoms with E-state index in [-0.39, 0.29) is 36.0 Å². The van der Waals surface area contributed by atoms with Crippen LogP contribution >= 0.6 is 7.82 Å². The van der Waals surface area contributed by atoms with Crippen molar-refractivity contribution in [3.05, 3.63) is 179 Å². The van der Waals surface area contributed by atoms with Crippen molar-refractivity contribution in [2.45, 2.75) is 19.3 Å². The zero-order valence-electron chi connectivity index (χ0n) is 34.5. The van der Waals surface area contributed by atoms with Crippen LogP contribution in [0.5, 0.6) is 0 Å². The lowest BCUT2D eigenvalue weighted by molar-refractivity contribution is -0.121. The van der Waals surface area contributed by atoms with E-state index < -0.39 is 63.6 Å². The molecule has 6 rings (SSSR count). The smallest absolute Gasteiger partial charge is 0.478 e. The fourth-order valence-corrected chi connectivity index (χ4v) is 7.26. The summed E-state index contributed by atoms with van der Waals surface area (Å²) in [6.07, 6.45) is -0.285. The average Bonchev–Trinajstić information content (AvgIpc) is 3.30. The fraction of sp³-hybridized carbons (Fsp3) is 0.125. The number of hydrogen-bond acceptors (Lipinski definition) is 10. The Balaban J connectivity index is 1.02. The Morgan fingerprint density at radius 1 is 0.385 bits per heavy atom. The molecule has 0 saturated carbocycles. The van der Waals surface area contributed by atoms with Crippen molar-refractivity contribution >= 4 is 43.5 Å². The molecule has 0 aliphatic carbocycles. The largest absolute Gasteiger partial charge is 0.479 e. The summed E-state index contributed by atoms with van der Waals surface area (Å²) in [4.78, 5) is 72.6. The first kappa shape index (κ1) is 46.7. The minimum absolute atomic E-state index is 0.0949. The molecule has 0 fully saturated rings. The van der Waals surface area contributed by atoms with Gasteiger partial charge < -0.3 is 31.3 Å². The van der Waals surface area contributed by atoms with Crippen molar-refractivity contribution in [2.24, 2.45) is 0 Å². The molecule has 0 atom stereocenters. The molecule has 0 heterocycles. The van der Waals surface area contributed by atoms with Gasteiger partial charge in [0.2, 0.25) is 17.7 Å². The fourth-order valence-electron chi connectivity index (χ4n) is 6.37. The molecule has 0 spiro atoms. The average molecular weight is 900 g/mol. The summed E-state index contributed by atoms with van der Waals surface area (Å²) >= 11 is 0. The minimum atomic E-state index is -4.56. The number of amides is 3. The number of carboxylic acids is 3. The number of phosphoric ester groups is 1. The number of carboxylic acid groups (broad SMARTS) is 3. The van der Waals surface area contributed by atoms with E-state index >= 15 is 0 Å². The second kappa shape index (κ2) is 22.0. The third-order valence-corrected chi connectivity index (χ3v) is 11.1. The van der Waals surface area contributed by atoms with Crippen LogP contribution in [0, 0.1) is 0 Å². The molecule has 65 heavy (non-hydrogen) atoms. The Morgan fingerprint density at radius 2 is 0.646 bits per heavy atom. The summed E-state index contributed by atoms with van der Waals surface area (Å²) < 4.78 is 29.8. The molecule has 0 radical (unpaired) electrons. The first-order chi connectivity index (χ1) is 31.2. The number of hydrogen-bond donors (Lipinski definition) is 6. The van der Waals surface area contributed by atoms with Crippen LogP contribution in [0.3, 0.4) is 0 Å². The molecule has 0 aromatic heterocycles. The lowest BCUT2D eigenvalue weighted by Crippen LogP contribution is -2.31. The summed E-state index contributed by atoms with van der Waals surface area (Å²) in [5.41, 5.74) is 6.55. The highest BCUT2D eigenvalue weighted by molar-refractivity contribution is 7.48. The summed E-state index contributed by atoms with van der Waals surface area (Å²) in [5.74, 6) is -4.70. The summed E-state index contributed by atoms with van der Waals surface area (Å²) in [7, 11) is -4.56. The zero-order chi connectivity index (χ0) is 46.3. The van der Waals surface area contributed by atoms with Gasteiger partial charge in [0.05, 0.1) is 36.0 Å². The highest BCUT2D eigenvalue weighted by Crippen LogP contribution is 2.48. The van der Waals surface area contributed by atoms with Gasteiger partial charge in [0.15, 0.2) is 0 Å². The van der Waals surface area contributed by atoms with E-state index in [0.717, 1.165) is 16.7 Å². The maximum atomic E-state index is 13.7. The Bertz CT molecular complexity index is 2440. The monoisotopic (exact) mass is 899 g/mol. The number of phosphoric acid groups is 1. The molecule has 6 aromatic rings. The van der Waals surface area contributed by atoms with E-state index in [2.05, 4.69) is 16.0 Å². The minimum Gasteiger partial charge on any atom is -0.478 e. The number of carbonyl (C=O) groups is 6. The van der Waals surface area contributed by atoms with Crippen molar-refractivity contribution in [2.75, 3.05) is 20.2 Å². The standard InChI is InChI=1S/C48H42N3O13P/c52-43(22-31-10-16-34(17-11-31)37-4-1-7-40(25-37)46(55)56)49-28-62-65(61,63-29-50-44(53)23-32-12-18-35(19-13-32)38-5-2-8-41(26-38)47(57)58)64-30-51-45(54)24-33-14-20-36(21-15-33)39-6-3-9-42(27-39)48(59)60/h1-21,25-27H,22-24,28-30H2,(H,49,52)(H,50,53)(H,51,54)(H,55,56)(H,57,58)(H,59,60).